The minimum atomic E-state index is -0.252. The topological polar surface area (TPSA) is 31.4 Å². The number of nitrogens with zero attached hydrogens (tertiary/aromatic N) is 1. The summed E-state index contributed by atoms with van der Waals surface area (Å²) in [6.07, 6.45) is 2.03. The normalized spacial score (nSPS) is 17.7. The number of aromatic nitrogens is 1. The number of ether oxygens (including phenoxy) is 2. The van der Waals surface area contributed by atoms with Crippen LogP contribution in [0.3, 0.4) is 0 Å². The molecule has 0 aliphatic carbocycles. The van der Waals surface area contributed by atoms with Gasteiger partial charge < -0.3 is 9.47 Å². The molecule has 1 aliphatic rings. The van der Waals surface area contributed by atoms with Gasteiger partial charge in [0.2, 0.25) is 5.88 Å². The highest BCUT2D eigenvalue weighted by Crippen LogP contribution is 2.29. The third-order valence-corrected chi connectivity index (χ3v) is 4.09. The van der Waals surface area contributed by atoms with Crippen molar-refractivity contribution in [2.45, 2.75) is 45.3 Å². The van der Waals surface area contributed by atoms with Crippen molar-refractivity contribution in [3.63, 3.8) is 0 Å². The van der Waals surface area contributed by atoms with Crippen molar-refractivity contribution in [3.8, 4) is 5.88 Å². The number of halogens is 1. The Hall–Kier alpha value is -1.94. The predicted molar refractivity (Wildman–Crippen MR) is 87.0 cm³/mol. The zero-order valence-corrected chi connectivity index (χ0v) is 13.6. The molecule has 0 saturated carbocycles. The van der Waals surface area contributed by atoms with E-state index in [0.717, 1.165) is 30.7 Å². The molecule has 3 nitrogen and oxygen atoms in total. The molecule has 1 unspecified atom stereocenters. The average Bonchev–Trinajstić information content (AvgIpc) is 3.08. The Labute approximate surface area is 136 Å². The monoisotopic (exact) mass is 315 g/mol. The molecule has 1 fully saturated rings. The van der Waals surface area contributed by atoms with E-state index < -0.39 is 0 Å². The minimum Gasteiger partial charge on any atom is -0.473 e. The molecule has 1 aliphatic heterocycles. The summed E-state index contributed by atoms with van der Waals surface area (Å²) in [6, 6.07) is 10.9. The van der Waals surface area contributed by atoms with Crippen LogP contribution in [-0.4, -0.2) is 11.6 Å². The summed E-state index contributed by atoms with van der Waals surface area (Å²) in [6.45, 7) is 5.09. The van der Waals surface area contributed by atoms with Gasteiger partial charge >= 0.3 is 0 Å². The second-order valence-electron chi connectivity index (χ2n) is 6.20. The molecule has 0 amide bonds. The van der Waals surface area contributed by atoms with Crippen molar-refractivity contribution in [1.29, 1.82) is 0 Å². The first-order chi connectivity index (χ1) is 11.1. The SMILES string of the molecule is CC(C)c1cccc(OCc2ccc(C3CCCO3)cc2F)n1. The van der Waals surface area contributed by atoms with E-state index in [-0.39, 0.29) is 18.5 Å². The fourth-order valence-electron chi connectivity index (χ4n) is 2.71. The summed E-state index contributed by atoms with van der Waals surface area (Å²) >= 11 is 0. The molecular weight excluding hydrogens is 293 g/mol. The molecular formula is C19H22FNO2. The molecule has 2 aromatic rings. The first-order valence-corrected chi connectivity index (χ1v) is 8.13. The Balaban J connectivity index is 1.67. The average molecular weight is 315 g/mol. The van der Waals surface area contributed by atoms with Crippen LogP contribution in [0.25, 0.3) is 0 Å². The maximum Gasteiger partial charge on any atom is 0.213 e. The fourth-order valence-corrected chi connectivity index (χ4v) is 2.71. The van der Waals surface area contributed by atoms with Gasteiger partial charge in [-0.05, 0) is 36.5 Å². The minimum absolute atomic E-state index is 0.0314. The Bertz CT molecular complexity index is 666. The van der Waals surface area contributed by atoms with Gasteiger partial charge in [0.05, 0.1) is 6.10 Å². The summed E-state index contributed by atoms with van der Waals surface area (Å²) in [7, 11) is 0. The first kappa shape index (κ1) is 15.9. The molecule has 3 rings (SSSR count). The van der Waals surface area contributed by atoms with Gasteiger partial charge in [-0.1, -0.05) is 32.0 Å². The van der Waals surface area contributed by atoms with Gasteiger partial charge in [-0.2, -0.15) is 0 Å². The highest BCUT2D eigenvalue weighted by molar-refractivity contribution is 5.27. The fraction of sp³-hybridized carbons (Fsp3) is 0.421. The quantitative estimate of drug-likeness (QED) is 0.796. The summed E-state index contributed by atoms with van der Waals surface area (Å²) in [5, 5.41) is 0. The van der Waals surface area contributed by atoms with Crippen LogP contribution in [0.4, 0.5) is 4.39 Å². The van der Waals surface area contributed by atoms with Crippen LogP contribution in [0.15, 0.2) is 36.4 Å². The lowest BCUT2D eigenvalue weighted by Gasteiger charge is -2.12. The second kappa shape index (κ2) is 7.09. The maximum atomic E-state index is 14.3. The summed E-state index contributed by atoms with van der Waals surface area (Å²) in [4.78, 5) is 4.43. The Morgan fingerprint density at radius 3 is 2.87 bits per heavy atom. The number of pyridine rings is 1. The Kier molecular flexibility index (Phi) is 4.91. The molecule has 1 aromatic heterocycles. The van der Waals surface area contributed by atoms with Gasteiger partial charge in [-0.15, -0.1) is 0 Å². The van der Waals surface area contributed by atoms with Gasteiger partial charge in [-0.25, -0.2) is 9.37 Å². The largest absolute Gasteiger partial charge is 0.473 e. The van der Waals surface area contributed by atoms with Gasteiger partial charge in [0.1, 0.15) is 12.4 Å². The molecule has 1 aromatic carbocycles. The van der Waals surface area contributed by atoms with Crippen molar-refractivity contribution < 1.29 is 13.9 Å². The predicted octanol–water partition coefficient (Wildman–Crippen LogP) is 4.77. The molecule has 23 heavy (non-hydrogen) atoms. The lowest BCUT2D eigenvalue weighted by molar-refractivity contribution is 0.111. The van der Waals surface area contributed by atoms with Crippen molar-refractivity contribution in [1.82, 2.24) is 4.98 Å². The van der Waals surface area contributed by atoms with E-state index in [2.05, 4.69) is 18.8 Å². The first-order valence-electron chi connectivity index (χ1n) is 8.13. The molecule has 0 spiro atoms. The summed E-state index contributed by atoms with van der Waals surface area (Å²) in [5.41, 5.74) is 2.41. The maximum absolute atomic E-state index is 14.3. The molecule has 0 bridgehead atoms. The summed E-state index contributed by atoms with van der Waals surface area (Å²) in [5.74, 6) is 0.609. The number of hydrogen-bond acceptors (Lipinski definition) is 3. The van der Waals surface area contributed by atoms with E-state index in [4.69, 9.17) is 9.47 Å². The molecule has 2 heterocycles. The van der Waals surface area contributed by atoms with Crippen LogP contribution < -0.4 is 4.74 Å². The van der Waals surface area contributed by atoms with Crippen molar-refractivity contribution in [2.24, 2.45) is 0 Å². The lowest BCUT2D eigenvalue weighted by Crippen LogP contribution is -2.03. The van der Waals surface area contributed by atoms with Gasteiger partial charge in [-0.3, -0.25) is 0 Å². The van der Waals surface area contributed by atoms with Crippen LogP contribution in [-0.2, 0) is 11.3 Å². The van der Waals surface area contributed by atoms with Gasteiger partial charge in [0, 0.05) is 23.9 Å². The zero-order chi connectivity index (χ0) is 16.2. The molecule has 4 heteroatoms. The number of hydrogen-bond donors (Lipinski definition) is 0. The molecule has 1 atom stereocenters. The van der Waals surface area contributed by atoms with Crippen molar-refractivity contribution in [3.05, 3.63) is 59.0 Å². The van der Waals surface area contributed by atoms with Gasteiger partial charge in [0.15, 0.2) is 0 Å². The number of benzene rings is 1. The van der Waals surface area contributed by atoms with Crippen molar-refractivity contribution in [2.75, 3.05) is 6.61 Å². The Morgan fingerprint density at radius 1 is 1.30 bits per heavy atom. The Morgan fingerprint density at radius 2 is 2.17 bits per heavy atom. The standard InChI is InChI=1S/C19H22FNO2/c1-13(2)17-5-3-7-19(21-17)23-12-15-9-8-14(11-16(15)20)18-6-4-10-22-18/h3,5,7-9,11,13,18H,4,6,10,12H2,1-2H3. The highest BCUT2D eigenvalue weighted by atomic mass is 19.1. The van der Waals surface area contributed by atoms with Crippen LogP contribution in [0.5, 0.6) is 5.88 Å². The van der Waals surface area contributed by atoms with Crippen LogP contribution in [0.2, 0.25) is 0 Å². The smallest absolute Gasteiger partial charge is 0.213 e. The molecule has 0 N–H and O–H groups in total. The van der Waals surface area contributed by atoms with E-state index in [1.54, 1.807) is 18.2 Å². The van der Waals surface area contributed by atoms with E-state index in [1.165, 1.54) is 0 Å². The van der Waals surface area contributed by atoms with E-state index >= 15 is 0 Å². The van der Waals surface area contributed by atoms with Crippen LogP contribution in [0.1, 0.15) is 55.5 Å². The molecule has 0 radical (unpaired) electrons. The number of rotatable bonds is 5. The van der Waals surface area contributed by atoms with E-state index in [0.29, 0.717) is 17.4 Å². The zero-order valence-electron chi connectivity index (χ0n) is 13.6. The highest BCUT2D eigenvalue weighted by Gasteiger charge is 2.19. The van der Waals surface area contributed by atoms with Crippen LogP contribution in [0, 0.1) is 5.82 Å². The van der Waals surface area contributed by atoms with Crippen molar-refractivity contribution >= 4 is 0 Å². The van der Waals surface area contributed by atoms with E-state index in [9.17, 15) is 4.39 Å². The molecule has 1 saturated heterocycles. The summed E-state index contributed by atoms with van der Waals surface area (Å²) < 4.78 is 25.5. The van der Waals surface area contributed by atoms with Gasteiger partial charge in [0.25, 0.3) is 0 Å². The van der Waals surface area contributed by atoms with E-state index in [1.807, 2.05) is 18.2 Å². The third kappa shape index (κ3) is 3.88. The molecule has 122 valence electrons. The third-order valence-electron chi connectivity index (χ3n) is 4.09. The lowest BCUT2D eigenvalue weighted by atomic mass is 10.0. The second-order valence-corrected chi connectivity index (χ2v) is 6.20. The van der Waals surface area contributed by atoms with Crippen LogP contribution >= 0.6 is 0 Å².